The van der Waals surface area contributed by atoms with Gasteiger partial charge in [-0.25, -0.2) is 0 Å². The molecule has 5 heteroatoms. The topological polar surface area (TPSA) is 66.6 Å². The van der Waals surface area contributed by atoms with Gasteiger partial charge in [0, 0.05) is 32.1 Å². The van der Waals surface area contributed by atoms with Crippen molar-refractivity contribution >= 4 is 11.8 Å². The number of piperazine rings is 1. The van der Waals surface area contributed by atoms with Crippen molar-refractivity contribution in [3.8, 4) is 0 Å². The van der Waals surface area contributed by atoms with Crippen molar-refractivity contribution in [2.24, 2.45) is 5.73 Å². The molecule has 2 amide bonds. The minimum absolute atomic E-state index is 0.00560. The Morgan fingerprint density at radius 2 is 1.67 bits per heavy atom. The number of benzene rings is 2. The Hall–Kier alpha value is -2.66. The zero-order chi connectivity index (χ0) is 19.2. The second kappa shape index (κ2) is 8.82. The van der Waals surface area contributed by atoms with E-state index in [0.29, 0.717) is 26.1 Å². The first kappa shape index (κ1) is 19.1. The number of hydrogen-bond donors (Lipinski definition) is 1. The van der Waals surface area contributed by atoms with Gasteiger partial charge in [0.25, 0.3) is 0 Å². The highest BCUT2D eigenvalue weighted by molar-refractivity contribution is 5.83. The molecule has 0 spiro atoms. The summed E-state index contributed by atoms with van der Waals surface area (Å²) in [5.41, 5.74) is 8.13. The summed E-state index contributed by atoms with van der Waals surface area (Å²) in [6.45, 7) is 3.60. The van der Waals surface area contributed by atoms with E-state index < -0.39 is 6.04 Å². The van der Waals surface area contributed by atoms with Crippen LogP contribution in [-0.4, -0.2) is 47.3 Å². The highest BCUT2D eigenvalue weighted by Gasteiger charge is 2.31. The number of nitrogens with two attached hydrogens (primary N) is 1. The van der Waals surface area contributed by atoms with Crippen LogP contribution in [0.25, 0.3) is 0 Å². The molecule has 27 heavy (non-hydrogen) atoms. The lowest BCUT2D eigenvalue weighted by Gasteiger charge is -2.40. The normalized spacial score (nSPS) is 18.2. The molecule has 1 fully saturated rings. The standard InChI is InChI=1S/C22H27N3O2/c1-17-16-24(22(27)21(23)19-10-6-3-7-11-19)14-15-25(17)20(26)13-12-18-8-4-2-5-9-18/h2-11,17,21H,12-16,23H2,1H3/t17-,21-/m1/s1. The average molecular weight is 365 g/mol. The van der Waals surface area contributed by atoms with E-state index in [1.54, 1.807) is 4.90 Å². The van der Waals surface area contributed by atoms with E-state index in [9.17, 15) is 9.59 Å². The number of amides is 2. The fraction of sp³-hybridized carbons (Fsp3) is 0.364. The fourth-order valence-corrected chi connectivity index (χ4v) is 3.57. The van der Waals surface area contributed by atoms with Crippen molar-refractivity contribution in [3.63, 3.8) is 0 Å². The van der Waals surface area contributed by atoms with Crippen LogP contribution in [0.1, 0.15) is 30.5 Å². The highest BCUT2D eigenvalue weighted by Crippen LogP contribution is 2.18. The molecule has 0 bridgehead atoms. The quantitative estimate of drug-likeness (QED) is 0.885. The van der Waals surface area contributed by atoms with Crippen LogP contribution >= 0.6 is 0 Å². The van der Waals surface area contributed by atoms with E-state index in [-0.39, 0.29) is 17.9 Å². The van der Waals surface area contributed by atoms with Gasteiger partial charge in [0.15, 0.2) is 0 Å². The number of aryl methyl sites for hydroxylation is 1. The van der Waals surface area contributed by atoms with E-state index in [1.807, 2.05) is 72.5 Å². The molecule has 142 valence electrons. The minimum atomic E-state index is -0.654. The molecule has 2 aromatic rings. The Labute approximate surface area is 160 Å². The van der Waals surface area contributed by atoms with E-state index in [4.69, 9.17) is 5.73 Å². The molecule has 0 radical (unpaired) electrons. The largest absolute Gasteiger partial charge is 0.337 e. The molecule has 0 unspecified atom stereocenters. The zero-order valence-electron chi connectivity index (χ0n) is 15.8. The summed E-state index contributed by atoms with van der Waals surface area (Å²) in [6.07, 6.45) is 1.23. The van der Waals surface area contributed by atoms with Crippen molar-refractivity contribution in [1.82, 2.24) is 9.80 Å². The first-order chi connectivity index (χ1) is 13.1. The molecule has 2 aromatic carbocycles. The van der Waals surface area contributed by atoms with Gasteiger partial charge in [0.05, 0.1) is 0 Å². The average Bonchev–Trinajstić information content (AvgIpc) is 2.72. The Bertz CT molecular complexity index is 764. The molecular formula is C22H27N3O2. The van der Waals surface area contributed by atoms with Crippen LogP contribution in [0.5, 0.6) is 0 Å². The third kappa shape index (κ3) is 4.74. The molecule has 2 N–H and O–H groups in total. The number of nitrogens with zero attached hydrogens (tertiary/aromatic N) is 2. The number of carbonyl (C=O) groups excluding carboxylic acids is 2. The van der Waals surface area contributed by atoms with Crippen LogP contribution < -0.4 is 5.73 Å². The van der Waals surface area contributed by atoms with Gasteiger partial charge in [-0.15, -0.1) is 0 Å². The Kier molecular flexibility index (Phi) is 6.24. The van der Waals surface area contributed by atoms with Gasteiger partial charge in [-0.1, -0.05) is 60.7 Å². The number of hydrogen-bond acceptors (Lipinski definition) is 3. The maximum atomic E-state index is 12.7. The monoisotopic (exact) mass is 365 g/mol. The Morgan fingerprint density at radius 3 is 2.30 bits per heavy atom. The smallest absolute Gasteiger partial charge is 0.244 e. The number of carbonyl (C=O) groups is 2. The first-order valence-corrected chi connectivity index (χ1v) is 9.49. The lowest BCUT2D eigenvalue weighted by atomic mass is 10.0. The molecule has 1 heterocycles. The lowest BCUT2D eigenvalue weighted by Crippen LogP contribution is -2.56. The van der Waals surface area contributed by atoms with Crippen LogP contribution in [0, 0.1) is 0 Å². The molecule has 0 aromatic heterocycles. The van der Waals surface area contributed by atoms with Crippen LogP contribution in [-0.2, 0) is 16.0 Å². The minimum Gasteiger partial charge on any atom is -0.337 e. The molecule has 1 aliphatic heterocycles. The molecule has 1 aliphatic rings. The third-order valence-corrected chi connectivity index (χ3v) is 5.15. The van der Waals surface area contributed by atoms with Gasteiger partial charge in [-0.05, 0) is 24.5 Å². The second-order valence-corrected chi connectivity index (χ2v) is 7.09. The summed E-state index contributed by atoms with van der Waals surface area (Å²) in [6, 6.07) is 18.8. The van der Waals surface area contributed by atoms with E-state index in [1.165, 1.54) is 5.56 Å². The maximum absolute atomic E-state index is 12.7. The highest BCUT2D eigenvalue weighted by atomic mass is 16.2. The summed E-state index contributed by atoms with van der Waals surface area (Å²) in [5, 5.41) is 0. The molecule has 2 atom stereocenters. The summed E-state index contributed by atoms with van der Waals surface area (Å²) in [7, 11) is 0. The summed E-state index contributed by atoms with van der Waals surface area (Å²) >= 11 is 0. The molecule has 0 saturated carbocycles. The van der Waals surface area contributed by atoms with Crippen molar-refractivity contribution < 1.29 is 9.59 Å². The van der Waals surface area contributed by atoms with E-state index >= 15 is 0 Å². The zero-order valence-corrected chi connectivity index (χ0v) is 15.8. The predicted octanol–water partition coefficient (Wildman–Crippen LogP) is 2.38. The summed E-state index contributed by atoms with van der Waals surface area (Å²) in [4.78, 5) is 29.0. The van der Waals surface area contributed by atoms with Crippen molar-refractivity contribution in [2.45, 2.75) is 31.8 Å². The third-order valence-electron chi connectivity index (χ3n) is 5.15. The summed E-state index contributed by atoms with van der Waals surface area (Å²) in [5.74, 6) is 0.0650. The second-order valence-electron chi connectivity index (χ2n) is 7.09. The SMILES string of the molecule is C[C@@H]1CN(C(=O)[C@H](N)c2ccccc2)CCN1C(=O)CCc1ccccc1. The van der Waals surface area contributed by atoms with Gasteiger partial charge in [-0.2, -0.15) is 0 Å². The Morgan fingerprint density at radius 1 is 1.04 bits per heavy atom. The van der Waals surface area contributed by atoms with Crippen molar-refractivity contribution in [3.05, 3.63) is 71.8 Å². The van der Waals surface area contributed by atoms with Gasteiger partial charge in [0.2, 0.25) is 11.8 Å². The Balaban J connectivity index is 1.54. The van der Waals surface area contributed by atoms with E-state index in [0.717, 1.165) is 12.0 Å². The predicted molar refractivity (Wildman–Crippen MR) is 106 cm³/mol. The van der Waals surface area contributed by atoms with Crippen LogP contribution in [0.15, 0.2) is 60.7 Å². The number of rotatable bonds is 5. The first-order valence-electron chi connectivity index (χ1n) is 9.49. The molecule has 5 nitrogen and oxygen atoms in total. The fourth-order valence-electron chi connectivity index (χ4n) is 3.57. The molecule has 1 saturated heterocycles. The van der Waals surface area contributed by atoms with Gasteiger partial charge in [0.1, 0.15) is 6.04 Å². The van der Waals surface area contributed by atoms with Gasteiger partial charge >= 0.3 is 0 Å². The van der Waals surface area contributed by atoms with Crippen LogP contribution in [0.3, 0.4) is 0 Å². The maximum Gasteiger partial charge on any atom is 0.244 e. The van der Waals surface area contributed by atoms with Crippen molar-refractivity contribution in [1.29, 1.82) is 0 Å². The van der Waals surface area contributed by atoms with Crippen LogP contribution in [0.4, 0.5) is 0 Å². The molecular weight excluding hydrogens is 338 g/mol. The molecule has 3 rings (SSSR count). The van der Waals surface area contributed by atoms with Crippen molar-refractivity contribution in [2.75, 3.05) is 19.6 Å². The summed E-state index contributed by atoms with van der Waals surface area (Å²) < 4.78 is 0. The van der Waals surface area contributed by atoms with Crippen LogP contribution in [0.2, 0.25) is 0 Å². The molecule has 0 aliphatic carbocycles. The van der Waals surface area contributed by atoms with E-state index in [2.05, 4.69) is 0 Å². The van der Waals surface area contributed by atoms with Gasteiger partial charge in [-0.3, -0.25) is 9.59 Å². The van der Waals surface area contributed by atoms with Gasteiger partial charge < -0.3 is 15.5 Å². The lowest BCUT2D eigenvalue weighted by molar-refractivity contribution is -0.143.